The van der Waals surface area contributed by atoms with Crippen molar-refractivity contribution in [2.75, 3.05) is 12.1 Å². The van der Waals surface area contributed by atoms with Crippen LogP contribution in [-0.2, 0) is 11.8 Å². The van der Waals surface area contributed by atoms with Crippen molar-refractivity contribution in [3.63, 3.8) is 0 Å². The third kappa shape index (κ3) is 3.14. The van der Waals surface area contributed by atoms with Crippen molar-refractivity contribution in [2.45, 2.75) is 6.92 Å². The van der Waals surface area contributed by atoms with E-state index in [-0.39, 0.29) is 24.6 Å². The Morgan fingerprint density at radius 1 is 1.23 bits per heavy atom. The number of carbonyl (C=O) groups excluding carboxylic acids is 1. The van der Waals surface area contributed by atoms with Gasteiger partial charge in [0, 0.05) is 13.1 Å². The van der Waals surface area contributed by atoms with Crippen LogP contribution in [0, 0.1) is 6.92 Å². The van der Waals surface area contributed by atoms with E-state index < -0.39 is 0 Å². The summed E-state index contributed by atoms with van der Waals surface area (Å²) in [6.45, 7) is 2.07. The number of ether oxygens (including phenoxy) is 2. The first-order chi connectivity index (χ1) is 12.6. The normalized spacial score (nSPS) is 12.7. The average Bonchev–Trinajstić information content (AvgIpc) is 3.32. The predicted molar refractivity (Wildman–Crippen MR) is 91.5 cm³/mol. The third-order valence-electron chi connectivity index (χ3n) is 3.70. The minimum absolute atomic E-state index is 0.0131. The molecule has 132 valence electrons. The van der Waals surface area contributed by atoms with Crippen LogP contribution in [0.3, 0.4) is 0 Å². The van der Waals surface area contributed by atoms with E-state index in [4.69, 9.17) is 13.9 Å². The van der Waals surface area contributed by atoms with Crippen molar-refractivity contribution >= 4 is 18.0 Å². The van der Waals surface area contributed by atoms with Gasteiger partial charge in [-0.1, -0.05) is 11.2 Å². The number of benzene rings is 1. The molecule has 0 aliphatic carbocycles. The minimum Gasteiger partial charge on any atom is -0.454 e. The molecule has 1 aliphatic heterocycles. The molecule has 0 bridgehead atoms. The van der Waals surface area contributed by atoms with Crippen LogP contribution in [0.5, 0.6) is 11.5 Å². The molecule has 4 rings (SSSR count). The Morgan fingerprint density at radius 3 is 2.88 bits per heavy atom. The highest BCUT2D eigenvalue weighted by Gasteiger charge is 2.15. The van der Waals surface area contributed by atoms with Crippen molar-refractivity contribution in [3.8, 4) is 23.1 Å². The lowest BCUT2D eigenvalue weighted by atomic mass is 10.2. The van der Waals surface area contributed by atoms with Crippen LogP contribution in [0.2, 0.25) is 0 Å². The van der Waals surface area contributed by atoms with Gasteiger partial charge < -0.3 is 13.9 Å². The van der Waals surface area contributed by atoms with Gasteiger partial charge in [0.05, 0.1) is 5.69 Å². The van der Waals surface area contributed by atoms with Gasteiger partial charge in [0.25, 0.3) is 11.8 Å². The second kappa shape index (κ2) is 6.36. The summed E-state index contributed by atoms with van der Waals surface area (Å²) in [5.41, 5.74) is 2.31. The zero-order valence-electron chi connectivity index (χ0n) is 14.1. The second-order valence-corrected chi connectivity index (χ2v) is 5.64. The first-order valence-corrected chi connectivity index (χ1v) is 7.82. The van der Waals surface area contributed by atoms with Gasteiger partial charge in [-0.3, -0.25) is 14.8 Å². The second-order valence-electron chi connectivity index (χ2n) is 5.64. The highest BCUT2D eigenvalue weighted by Crippen LogP contribution is 2.32. The fourth-order valence-electron chi connectivity index (χ4n) is 2.52. The Kier molecular flexibility index (Phi) is 3.88. The summed E-state index contributed by atoms with van der Waals surface area (Å²) in [4.78, 5) is 12.0. The van der Waals surface area contributed by atoms with Crippen LogP contribution in [-0.4, -0.2) is 32.7 Å². The summed E-state index contributed by atoms with van der Waals surface area (Å²) >= 11 is 0. The molecule has 1 amide bonds. The molecule has 0 atom stereocenters. The maximum atomic E-state index is 12.0. The van der Waals surface area contributed by atoms with Crippen LogP contribution in [0.15, 0.2) is 34.8 Å². The van der Waals surface area contributed by atoms with Gasteiger partial charge in [-0.15, -0.1) is 5.10 Å². The minimum atomic E-state index is -0.390. The standard InChI is InChI=1S/C17H15N5O4/c1-10-7-12(22(2)21-10)16-19-20-17(26-16)18-15(23)6-4-11-3-5-13-14(8-11)25-9-24-13/h3-8H,9H2,1-2H3,(H,18,20,23)/b6-4-. The number of rotatable bonds is 4. The number of nitrogens with one attached hydrogen (secondary N) is 1. The van der Waals surface area contributed by atoms with Crippen molar-refractivity contribution < 1.29 is 18.7 Å². The number of hydrogen-bond donors (Lipinski definition) is 1. The fraction of sp³-hybridized carbons (Fsp3) is 0.176. The molecule has 9 heteroatoms. The Hall–Kier alpha value is -3.62. The number of aryl methyl sites for hydroxylation is 2. The molecule has 2 aromatic heterocycles. The van der Waals surface area contributed by atoms with E-state index in [1.54, 1.807) is 29.9 Å². The van der Waals surface area contributed by atoms with Crippen molar-refractivity contribution in [1.29, 1.82) is 0 Å². The van der Waals surface area contributed by atoms with E-state index in [0.717, 1.165) is 11.3 Å². The zero-order valence-corrected chi connectivity index (χ0v) is 14.1. The highest BCUT2D eigenvalue weighted by atomic mass is 16.7. The number of hydrogen-bond acceptors (Lipinski definition) is 7. The van der Waals surface area contributed by atoms with E-state index in [2.05, 4.69) is 20.6 Å². The van der Waals surface area contributed by atoms with Crippen LogP contribution in [0.4, 0.5) is 6.01 Å². The highest BCUT2D eigenvalue weighted by molar-refractivity contribution is 6.00. The number of amides is 1. The Morgan fingerprint density at radius 2 is 2.08 bits per heavy atom. The summed E-state index contributed by atoms with van der Waals surface area (Å²) in [7, 11) is 1.78. The lowest BCUT2D eigenvalue weighted by Crippen LogP contribution is -2.07. The summed E-state index contributed by atoms with van der Waals surface area (Å²) < 4.78 is 17.6. The number of carbonyl (C=O) groups is 1. The molecule has 3 heterocycles. The van der Waals surface area contributed by atoms with E-state index in [1.165, 1.54) is 6.08 Å². The van der Waals surface area contributed by atoms with Gasteiger partial charge in [0.1, 0.15) is 5.69 Å². The molecular weight excluding hydrogens is 338 g/mol. The van der Waals surface area contributed by atoms with Crippen molar-refractivity contribution in [3.05, 3.63) is 41.6 Å². The Labute approximate surface area is 148 Å². The SMILES string of the molecule is Cc1cc(-c2nnc(NC(=O)/C=C\c3ccc4c(c3)OCO4)o2)n(C)n1. The molecular formula is C17H15N5O4. The van der Waals surface area contributed by atoms with Gasteiger partial charge >= 0.3 is 6.01 Å². The first-order valence-electron chi connectivity index (χ1n) is 7.82. The van der Waals surface area contributed by atoms with E-state index in [1.807, 2.05) is 19.1 Å². The molecule has 0 saturated heterocycles. The molecule has 0 spiro atoms. The topological polar surface area (TPSA) is 104 Å². The van der Waals surface area contributed by atoms with Crippen LogP contribution < -0.4 is 14.8 Å². The number of nitrogens with zero attached hydrogens (tertiary/aromatic N) is 4. The van der Waals surface area contributed by atoms with E-state index >= 15 is 0 Å². The van der Waals surface area contributed by atoms with Gasteiger partial charge in [-0.2, -0.15) is 5.10 Å². The van der Waals surface area contributed by atoms with E-state index in [0.29, 0.717) is 17.2 Å². The lowest BCUT2D eigenvalue weighted by molar-refractivity contribution is -0.112. The average molecular weight is 353 g/mol. The molecule has 1 aromatic carbocycles. The molecule has 0 radical (unpaired) electrons. The summed E-state index contributed by atoms with van der Waals surface area (Å²) in [6.07, 6.45) is 3.02. The summed E-state index contributed by atoms with van der Waals surface area (Å²) in [5, 5.41) is 14.5. The Balaban J connectivity index is 1.43. The smallest absolute Gasteiger partial charge is 0.322 e. The molecule has 0 saturated carbocycles. The monoisotopic (exact) mass is 353 g/mol. The molecule has 1 aliphatic rings. The van der Waals surface area contributed by atoms with Gasteiger partial charge in [0.15, 0.2) is 11.5 Å². The van der Waals surface area contributed by atoms with E-state index in [9.17, 15) is 4.79 Å². The predicted octanol–water partition coefficient (Wildman–Crippen LogP) is 2.16. The summed E-state index contributed by atoms with van der Waals surface area (Å²) in [6, 6.07) is 7.24. The van der Waals surface area contributed by atoms with Gasteiger partial charge in [0.2, 0.25) is 6.79 Å². The lowest BCUT2D eigenvalue weighted by Gasteiger charge is -1.98. The molecule has 9 nitrogen and oxygen atoms in total. The number of aromatic nitrogens is 4. The van der Waals surface area contributed by atoms with Crippen LogP contribution in [0.25, 0.3) is 17.7 Å². The van der Waals surface area contributed by atoms with Crippen LogP contribution >= 0.6 is 0 Å². The third-order valence-corrected chi connectivity index (χ3v) is 3.70. The number of anilines is 1. The quantitative estimate of drug-likeness (QED) is 0.717. The zero-order chi connectivity index (χ0) is 18.1. The van der Waals surface area contributed by atoms with Crippen molar-refractivity contribution in [1.82, 2.24) is 20.0 Å². The molecule has 1 N–H and O–H groups in total. The Bertz CT molecular complexity index is 1000. The first kappa shape index (κ1) is 15.9. The maximum absolute atomic E-state index is 12.0. The summed E-state index contributed by atoms with van der Waals surface area (Å²) in [5.74, 6) is 1.23. The molecule has 26 heavy (non-hydrogen) atoms. The van der Waals surface area contributed by atoms with Gasteiger partial charge in [-0.25, -0.2) is 0 Å². The molecule has 0 fully saturated rings. The maximum Gasteiger partial charge on any atom is 0.322 e. The molecule has 3 aromatic rings. The number of fused-ring (bicyclic) bond motifs is 1. The van der Waals surface area contributed by atoms with Crippen LogP contribution in [0.1, 0.15) is 11.3 Å². The fourth-order valence-corrected chi connectivity index (χ4v) is 2.52. The van der Waals surface area contributed by atoms with Gasteiger partial charge in [-0.05, 0) is 36.8 Å². The largest absolute Gasteiger partial charge is 0.454 e. The molecule has 0 unspecified atom stereocenters. The van der Waals surface area contributed by atoms with Crippen molar-refractivity contribution in [2.24, 2.45) is 7.05 Å².